The van der Waals surface area contributed by atoms with Gasteiger partial charge < -0.3 is 15.8 Å². The SMILES string of the molecule is Cc1cccc(OCCNC(=O)CCC(C)CN)c1. The molecule has 0 aromatic heterocycles. The summed E-state index contributed by atoms with van der Waals surface area (Å²) in [6.07, 6.45) is 1.36. The lowest BCUT2D eigenvalue weighted by atomic mass is 10.1. The van der Waals surface area contributed by atoms with Crippen molar-refractivity contribution in [2.24, 2.45) is 11.7 Å². The zero-order valence-corrected chi connectivity index (χ0v) is 11.8. The molecule has 0 bridgehead atoms. The van der Waals surface area contributed by atoms with Crippen LogP contribution in [0.3, 0.4) is 0 Å². The van der Waals surface area contributed by atoms with Crippen molar-refractivity contribution in [3.63, 3.8) is 0 Å². The Hall–Kier alpha value is -1.55. The van der Waals surface area contributed by atoms with Gasteiger partial charge in [-0.15, -0.1) is 0 Å². The average molecular weight is 264 g/mol. The zero-order valence-electron chi connectivity index (χ0n) is 11.8. The van der Waals surface area contributed by atoms with Gasteiger partial charge in [0.05, 0.1) is 6.54 Å². The number of carbonyl (C=O) groups is 1. The molecule has 19 heavy (non-hydrogen) atoms. The summed E-state index contributed by atoms with van der Waals surface area (Å²) in [5, 5.41) is 2.84. The Morgan fingerprint density at radius 1 is 1.47 bits per heavy atom. The van der Waals surface area contributed by atoms with E-state index in [1.54, 1.807) is 0 Å². The van der Waals surface area contributed by atoms with Crippen molar-refractivity contribution >= 4 is 5.91 Å². The van der Waals surface area contributed by atoms with Crippen LogP contribution in [0.1, 0.15) is 25.3 Å². The van der Waals surface area contributed by atoms with Crippen LogP contribution in [0.15, 0.2) is 24.3 Å². The number of ether oxygens (including phenoxy) is 1. The molecule has 4 nitrogen and oxygen atoms in total. The molecule has 1 rings (SSSR count). The van der Waals surface area contributed by atoms with Crippen molar-refractivity contribution in [1.82, 2.24) is 5.32 Å². The second-order valence-electron chi connectivity index (χ2n) is 4.89. The lowest BCUT2D eigenvalue weighted by Gasteiger charge is -2.10. The molecule has 0 aliphatic heterocycles. The second-order valence-corrected chi connectivity index (χ2v) is 4.89. The highest BCUT2D eigenvalue weighted by Gasteiger charge is 2.04. The predicted molar refractivity (Wildman–Crippen MR) is 77.1 cm³/mol. The fourth-order valence-electron chi connectivity index (χ4n) is 1.65. The first kappa shape index (κ1) is 15.5. The van der Waals surface area contributed by atoms with Crippen molar-refractivity contribution in [3.8, 4) is 5.75 Å². The fourth-order valence-corrected chi connectivity index (χ4v) is 1.65. The molecule has 1 aromatic rings. The van der Waals surface area contributed by atoms with Crippen molar-refractivity contribution < 1.29 is 9.53 Å². The normalized spacial score (nSPS) is 11.9. The largest absolute Gasteiger partial charge is 0.492 e. The number of nitrogens with one attached hydrogen (secondary N) is 1. The average Bonchev–Trinajstić information content (AvgIpc) is 2.41. The molecule has 0 aliphatic rings. The summed E-state index contributed by atoms with van der Waals surface area (Å²) in [5.74, 6) is 1.30. The molecule has 1 atom stereocenters. The Labute approximate surface area is 115 Å². The maximum Gasteiger partial charge on any atom is 0.220 e. The number of hydrogen-bond donors (Lipinski definition) is 2. The first-order valence-corrected chi connectivity index (χ1v) is 6.78. The second kappa shape index (κ2) is 8.53. The predicted octanol–water partition coefficient (Wildman–Crippen LogP) is 1.87. The standard InChI is InChI=1S/C15H24N2O2/c1-12-4-3-5-14(10-12)19-9-8-17-15(18)7-6-13(2)11-16/h3-5,10,13H,6-9,11,16H2,1-2H3,(H,17,18). The quantitative estimate of drug-likeness (QED) is 0.704. The lowest BCUT2D eigenvalue weighted by Crippen LogP contribution is -2.28. The molecule has 1 unspecified atom stereocenters. The van der Waals surface area contributed by atoms with Gasteiger partial charge in [-0.1, -0.05) is 19.1 Å². The molecule has 0 spiro atoms. The van der Waals surface area contributed by atoms with E-state index in [0.29, 0.717) is 32.0 Å². The van der Waals surface area contributed by atoms with Gasteiger partial charge >= 0.3 is 0 Å². The van der Waals surface area contributed by atoms with Crippen molar-refractivity contribution in [2.45, 2.75) is 26.7 Å². The van der Waals surface area contributed by atoms with Crippen LogP contribution >= 0.6 is 0 Å². The first-order chi connectivity index (χ1) is 9.11. The highest BCUT2D eigenvalue weighted by atomic mass is 16.5. The third kappa shape index (κ3) is 6.82. The zero-order chi connectivity index (χ0) is 14.1. The number of aryl methyl sites for hydroxylation is 1. The Morgan fingerprint density at radius 2 is 2.26 bits per heavy atom. The molecular formula is C15H24N2O2. The number of nitrogens with two attached hydrogens (primary N) is 1. The van der Waals surface area contributed by atoms with Crippen LogP contribution in [0.5, 0.6) is 5.75 Å². The van der Waals surface area contributed by atoms with Crippen LogP contribution in [0.25, 0.3) is 0 Å². The third-order valence-corrected chi connectivity index (χ3v) is 2.95. The van der Waals surface area contributed by atoms with Crippen LogP contribution < -0.4 is 15.8 Å². The van der Waals surface area contributed by atoms with E-state index in [2.05, 4.69) is 5.32 Å². The van der Waals surface area contributed by atoms with E-state index in [0.717, 1.165) is 17.7 Å². The van der Waals surface area contributed by atoms with Crippen LogP contribution in [0.4, 0.5) is 0 Å². The van der Waals surface area contributed by atoms with Gasteiger partial charge in [0.2, 0.25) is 5.91 Å². The van der Waals surface area contributed by atoms with Gasteiger partial charge in [0.15, 0.2) is 0 Å². The summed E-state index contributed by atoms with van der Waals surface area (Å²) in [7, 11) is 0. The number of carbonyl (C=O) groups excluding carboxylic acids is 1. The number of amides is 1. The maximum absolute atomic E-state index is 11.5. The summed E-state index contributed by atoms with van der Waals surface area (Å²) >= 11 is 0. The lowest BCUT2D eigenvalue weighted by molar-refractivity contribution is -0.121. The van der Waals surface area contributed by atoms with E-state index >= 15 is 0 Å². The molecule has 1 amide bonds. The van der Waals surface area contributed by atoms with E-state index in [4.69, 9.17) is 10.5 Å². The monoisotopic (exact) mass is 264 g/mol. The van der Waals surface area contributed by atoms with E-state index < -0.39 is 0 Å². The molecular weight excluding hydrogens is 240 g/mol. The van der Waals surface area contributed by atoms with Gasteiger partial charge in [-0.3, -0.25) is 4.79 Å². The summed E-state index contributed by atoms with van der Waals surface area (Å²) in [6.45, 7) is 5.72. The topological polar surface area (TPSA) is 64.3 Å². The summed E-state index contributed by atoms with van der Waals surface area (Å²) < 4.78 is 5.55. The van der Waals surface area contributed by atoms with Crippen LogP contribution in [-0.2, 0) is 4.79 Å². The molecule has 3 N–H and O–H groups in total. The molecule has 0 saturated heterocycles. The molecule has 1 aromatic carbocycles. The van der Waals surface area contributed by atoms with Gasteiger partial charge in [-0.2, -0.15) is 0 Å². The molecule has 0 heterocycles. The maximum atomic E-state index is 11.5. The molecule has 4 heteroatoms. The summed E-state index contributed by atoms with van der Waals surface area (Å²) in [4.78, 5) is 11.5. The van der Waals surface area contributed by atoms with Crippen molar-refractivity contribution in [2.75, 3.05) is 19.7 Å². The Morgan fingerprint density at radius 3 is 2.95 bits per heavy atom. The Kier molecular flexibility index (Phi) is 6.97. The minimum Gasteiger partial charge on any atom is -0.492 e. The smallest absolute Gasteiger partial charge is 0.220 e. The number of benzene rings is 1. The highest BCUT2D eigenvalue weighted by molar-refractivity contribution is 5.75. The Balaban J connectivity index is 2.12. The number of rotatable bonds is 8. The minimum absolute atomic E-state index is 0.0631. The Bertz CT molecular complexity index is 393. The molecule has 106 valence electrons. The van der Waals surface area contributed by atoms with Crippen LogP contribution in [0, 0.1) is 12.8 Å². The van der Waals surface area contributed by atoms with Crippen LogP contribution in [-0.4, -0.2) is 25.6 Å². The number of hydrogen-bond acceptors (Lipinski definition) is 3. The van der Waals surface area contributed by atoms with Gasteiger partial charge in [0, 0.05) is 6.42 Å². The van der Waals surface area contributed by atoms with E-state index in [9.17, 15) is 4.79 Å². The molecule has 0 aliphatic carbocycles. The third-order valence-electron chi connectivity index (χ3n) is 2.95. The van der Waals surface area contributed by atoms with Gasteiger partial charge in [0.1, 0.15) is 12.4 Å². The minimum atomic E-state index is 0.0631. The van der Waals surface area contributed by atoms with Crippen molar-refractivity contribution in [1.29, 1.82) is 0 Å². The van der Waals surface area contributed by atoms with Crippen LogP contribution in [0.2, 0.25) is 0 Å². The summed E-state index contributed by atoms with van der Waals surface area (Å²) in [6, 6.07) is 7.87. The van der Waals surface area contributed by atoms with Gasteiger partial charge in [-0.25, -0.2) is 0 Å². The van der Waals surface area contributed by atoms with E-state index in [1.165, 1.54) is 0 Å². The fraction of sp³-hybridized carbons (Fsp3) is 0.533. The van der Waals surface area contributed by atoms with Gasteiger partial charge in [-0.05, 0) is 43.5 Å². The molecule has 0 fully saturated rings. The molecule has 0 saturated carbocycles. The summed E-state index contributed by atoms with van der Waals surface area (Å²) in [5.41, 5.74) is 6.67. The molecule has 0 radical (unpaired) electrons. The van der Waals surface area contributed by atoms with Gasteiger partial charge in [0.25, 0.3) is 0 Å². The van der Waals surface area contributed by atoms with Crippen molar-refractivity contribution in [3.05, 3.63) is 29.8 Å². The van der Waals surface area contributed by atoms with E-state index in [-0.39, 0.29) is 5.91 Å². The first-order valence-electron chi connectivity index (χ1n) is 6.78. The highest BCUT2D eigenvalue weighted by Crippen LogP contribution is 2.11. The van der Waals surface area contributed by atoms with E-state index in [1.807, 2.05) is 38.1 Å².